The van der Waals surface area contributed by atoms with Crippen LogP contribution in [0.3, 0.4) is 0 Å². The van der Waals surface area contributed by atoms with Crippen LogP contribution in [-0.2, 0) is 24.6 Å². The average molecular weight is 565 g/mol. The summed E-state index contributed by atoms with van der Waals surface area (Å²) in [4.78, 5) is 57.3. The summed E-state index contributed by atoms with van der Waals surface area (Å²) in [5, 5.41) is 15.5. The third-order valence-electron chi connectivity index (χ3n) is 10.8. The van der Waals surface area contributed by atoms with Gasteiger partial charge in [0.15, 0.2) is 0 Å². The van der Waals surface area contributed by atoms with Crippen molar-refractivity contribution in [3.63, 3.8) is 0 Å². The van der Waals surface area contributed by atoms with E-state index in [2.05, 4.69) is 11.2 Å². The lowest BCUT2D eigenvalue weighted by Crippen LogP contribution is -2.55. The number of nitrogens with zero attached hydrogens (tertiary/aromatic N) is 4. The number of hydrogen-bond acceptors (Lipinski definition) is 6. The lowest BCUT2D eigenvalue weighted by molar-refractivity contribution is -0.140. The number of nitriles is 1. The predicted molar refractivity (Wildman–Crippen MR) is 154 cm³/mol. The number of hydrazone groups is 1. The largest absolute Gasteiger partial charge is 0.274 e. The summed E-state index contributed by atoms with van der Waals surface area (Å²) in [6.07, 6.45) is 6.49. The SMILES string of the molecule is N#Cc1ccccc1N1C(=O)[C@@H]2C3c4ccccc4C(/C=N\N4C(=O)[C@H]5[C@H](C4=O)[C@H]4C=C[C@H]5C4)(c4ccccc43)[C@@H]2C1=O. The molecule has 0 radical (unpaired) electrons. The molecule has 1 saturated carbocycles. The van der Waals surface area contributed by atoms with Gasteiger partial charge in [-0.25, -0.2) is 4.90 Å². The minimum atomic E-state index is -1.22. The fourth-order valence-electron chi connectivity index (χ4n) is 9.20. The molecule has 0 N–H and O–H groups in total. The molecule has 4 bridgehead atoms. The third kappa shape index (κ3) is 2.78. The van der Waals surface area contributed by atoms with Gasteiger partial charge in [0.2, 0.25) is 11.8 Å². The van der Waals surface area contributed by atoms with Crippen molar-refractivity contribution in [3.8, 4) is 6.07 Å². The van der Waals surface area contributed by atoms with Crippen molar-refractivity contribution in [2.24, 2.45) is 40.6 Å². The maximum atomic E-state index is 14.6. The summed E-state index contributed by atoms with van der Waals surface area (Å²) in [6, 6.07) is 24.3. The molecule has 0 unspecified atom stereocenters. The molecule has 8 nitrogen and oxygen atoms in total. The van der Waals surface area contributed by atoms with Crippen molar-refractivity contribution in [2.75, 3.05) is 4.90 Å². The second-order valence-electron chi connectivity index (χ2n) is 12.4. The van der Waals surface area contributed by atoms with Crippen molar-refractivity contribution in [3.05, 3.63) is 113 Å². The second-order valence-corrected chi connectivity index (χ2v) is 12.4. The van der Waals surface area contributed by atoms with Gasteiger partial charge in [0, 0.05) is 12.1 Å². The van der Waals surface area contributed by atoms with Gasteiger partial charge in [-0.2, -0.15) is 15.4 Å². The zero-order valence-electron chi connectivity index (χ0n) is 22.8. The molecule has 6 atom stereocenters. The Hall–Kier alpha value is -5.16. The molecule has 5 aliphatic carbocycles. The molecule has 3 aromatic rings. The number of hydrogen-bond donors (Lipinski definition) is 0. The van der Waals surface area contributed by atoms with Crippen molar-refractivity contribution >= 4 is 35.5 Å². The smallest absolute Gasteiger partial charge is 0.254 e. The monoisotopic (exact) mass is 564 g/mol. The van der Waals surface area contributed by atoms with E-state index >= 15 is 0 Å². The van der Waals surface area contributed by atoms with Gasteiger partial charge in [-0.05, 0) is 52.6 Å². The maximum Gasteiger partial charge on any atom is 0.254 e. The summed E-state index contributed by atoms with van der Waals surface area (Å²) in [7, 11) is 0. The van der Waals surface area contributed by atoms with Gasteiger partial charge >= 0.3 is 0 Å². The highest BCUT2D eigenvalue weighted by molar-refractivity contribution is 6.25. The first-order chi connectivity index (χ1) is 21.0. The molecular formula is C35H24N4O4. The number of imide groups is 2. The molecule has 0 aromatic heterocycles. The Kier molecular flexibility index (Phi) is 4.68. The Balaban J connectivity index is 1.25. The van der Waals surface area contributed by atoms with Gasteiger partial charge in [0.05, 0.1) is 40.3 Å². The average Bonchev–Trinajstić information content (AvgIpc) is 3.78. The van der Waals surface area contributed by atoms with E-state index in [9.17, 15) is 24.4 Å². The number of carbonyl (C=O) groups is 4. The molecule has 7 aliphatic rings. The summed E-state index contributed by atoms with van der Waals surface area (Å²) >= 11 is 0. The first-order valence-corrected chi connectivity index (χ1v) is 14.6. The van der Waals surface area contributed by atoms with E-state index in [1.54, 1.807) is 30.5 Å². The highest BCUT2D eigenvalue weighted by Gasteiger charge is 2.68. The number of fused-ring (bicyclic) bond motifs is 5. The van der Waals surface area contributed by atoms with Crippen molar-refractivity contribution in [1.82, 2.24) is 5.01 Å². The normalized spacial score (nSPS) is 34.2. The molecule has 3 aromatic carbocycles. The second kappa shape index (κ2) is 8.23. The van der Waals surface area contributed by atoms with Gasteiger partial charge in [-0.1, -0.05) is 72.8 Å². The molecule has 2 aliphatic heterocycles. The van der Waals surface area contributed by atoms with Crippen LogP contribution in [0.2, 0.25) is 0 Å². The molecule has 0 spiro atoms. The lowest BCUT2D eigenvalue weighted by Gasteiger charge is -2.52. The van der Waals surface area contributed by atoms with Crippen LogP contribution in [0.5, 0.6) is 0 Å². The van der Waals surface area contributed by atoms with E-state index in [0.717, 1.165) is 33.7 Å². The number of allylic oxidation sites excluding steroid dienone is 2. The third-order valence-corrected chi connectivity index (χ3v) is 10.8. The Morgan fingerprint density at radius 3 is 1.95 bits per heavy atom. The van der Waals surface area contributed by atoms with E-state index in [0.29, 0.717) is 0 Å². The zero-order valence-corrected chi connectivity index (χ0v) is 22.8. The molecule has 2 heterocycles. The van der Waals surface area contributed by atoms with Crippen LogP contribution in [0.15, 0.2) is 90.0 Å². The minimum absolute atomic E-state index is 0.0450. The van der Waals surface area contributed by atoms with Gasteiger partial charge in [-0.3, -0.25) is 19.2 Å². The fourth-order valence-corrected chi connectivity index (χ4v) is 9.20. The van der Waals surface area contributed by atoms with Crippen LogP contribution >= 0.6 is 0 Å². The minimum Gasteiger partial charge on any atom is -0.274 e. The number of benzene rings is 3. The van der Waals surface area contributed by atoms with Gasteiger partial charge < -0.3 is 0 Å². The highest BCUT2D eigenvalue weighted by Crippen LogP contribution is 2.64. The topological polar surface area (TPSA) is 111 Å². The van der Waals surface area contributed by atoms with E-state index in [4.69, 9.17) is 0 Å². The van der Waals surface area contributed by atoms with E-state index in [-0.39, 0.29) is 46.7 Å². The lowest BCUT2D eigenvalue weighted by atomic mass is 9.47. The maximum absolute atomic E-state index is 14.6. The summed E-state index contributed by atoms with van der Waals surface area (Å²) in [6.45, 7) is 0. The Labute approximate surface area is 246 Å². The van der Waals surface area contributed by atoms with Crippen molar-refractivity contribution in [2.45, 2.75) is 17.8 Å². The first kappa shape index (κ1) is 24.4. The molecule has 4 amide bonds. The summed E-state index contributed by atoms with van der Waals surface area (Å²) < 4.78 is 0. The van der Waals surface area contributed by atoms with E-state index in [1.807, 2.05) is 60.7 Å². The Morgan fingerprint density at radius 1 is 0.744 bits per heavy atom. The Bertz CT molecular complexity index is 1860. The zero-order chi connectivity index (χ0) is 29.2. The van der Waals surface area contributed by atoms with Crippen LogP contribution < -0.4 is 4.90 Å². The summed E-state index contributed by atoms with van der Waals surface area (Å²) in [5.74, 6) is -4.12. The highest BCUT2D eigenvalue weighted by atomic mass is 16.2. The number of carbonyl (C=O) groups excluding carboxylic acids is 4. The number of para-hydroxylation sites is 1. The molecule has 10 rings (SSSR count). The van der Waals surface area contributed by atoms with Crippen LogP contribution in [0.4, 0.5) is 5.69 Å². The fraction of sp³-hybridized carbons (Fsp3) is 0.257. The molecule has 208 valence electrons. The molecule has 3 fully saturated rings. The van der Waals surface area contributed by atoms with Gasteiger partial charge in [0.25, 0.3) is 11.8 Å². The molecule has 8 heteroatoms. The van der Waals surface area contributed by atoms with Gasteiger partial charge in [-0.15, -0.1) is 0 Å². The quantitative estimate of drug-likeness (QED) is 0.272. The van der Waals surface area contributed by atoms with Crippen LogP contribution in [0.25, 0.3) is 0 Å². The molecule has 2 saturated heterocycles. The van der Waals surface area contributed by atoms with Crippen LogP contribution in [-0.4, -0.2) is 34.9 Å². The number of anilines is 1. The van der Waals surface area contributed by atoms with E-state index in [1.165, 1.54) is 4.90 Å². The van der Waals surface area contributed by atoms with E-state index < -0.39 is 35.0 Å². The van der Waals surface area contributed by atoms with Crippen molar-refractivity contribution in [1.29, 1.82) is 5.26 Å². The predicted octanol–water partition coefficient (Wildman–Crippen LogP) is 3.90. The standard InChI is InChI=1S/C35H24N4O4/c36-16-20-7-1-6-12-25(20)38-31(40)29-28-21-8-2-4-10-23(21)35(30(29)34(38)43,24-11-5-3-9-22(24)28)17-37-39-32(41)26-18-13-14-19(15-18)27(26)33(39)42/h1-14,17-19,26-30H,15H2/b37-17-/t18-,19-,26+,27+,28?,29+,30-,35?/m0/s1. The van der Waals surface area contributed by atoms with Crippen molar-refractivity contribution < 1.29 is 19.2 Å². The number of amides is 4. The number of rotatable bonds is 3. The van der Waals surface area contributed by atoms with Gasteiger partial charge in [0.1, 0.15) is 6.07 Å². The Morgan fingerprint density at radius 2 is 1.33 bits per heavy atom. The molecule has 43 heavy (non-hydrogen) atoms. The molecular weight excluding hydrogens is 540 g/mol. The van der Waals surface area contributed by atoms with Crippen LogP contribution in [0.1, 0.15) is 40.2 Å². The first-order valence-electron chi connectivity index (χ1n) is 14.6. The van der Waals surface area contributed by atoms with Crippen LogP contribution in [0, 0.1) is 46.8 Å². The summed E-state index contributed by atoms with van der Waals surface area (Å²) in [5.41, 5.74) is 2.78.